The van der Waals surface area contributed by atoms with Gasteiger partial charge in [-0.2, -0.15) is 0 Å². The van der Waals surface area contributed by atoms with E-state index in [0.717, 1.165) is 36.2 Å². The average molecular weight is 290 g/mol. The summed E-state index contributed by atoms with van der Waals surface area (Å²) in [7, 11) is 0. The van der Waals surface area contributed by atoms with Crippen molar-refractivity contribution in [3.63, 3.8) is 0 Å². The normalized spacial score (nSPS) is 14.6. The zero-order valence-electron chi connectivity index (χ0n) is 12.3. The molecule has 0 saturated carbocycles. The summed E-state index contributed by atoms with van der Waals surface area (Å²) in [6, 6.07) is 5.79. The van der Waals surface area contributed by atoms with Crippen molar-refractivity contribution in [3.05, 3.63) is 29.3 Å². The Hall–Kier alpha value is -1.88. The second kappa shape index (κ2) is 7.22. The van der Waals surface area contributed by atoms with E-state index in [0.29, 0.717) is 12.8 Å². The molecule has 0 aromatic heterocycles. The molecule has 0 radical (unpaired) electrons. The van der Waals surface area contributed by atoms with Crippen LogP contribution in [-0.4, -0.2) is 29.6 Å². The molecule has 1 heterocycles. The van der Waals surface area contributed by atoms with Gasteiger partial charge in [0.1, 0.15) is 0 Å². The summed E-state index contributed by atoms with van der Waals surface area (Å²) in [4.78, 5) is 22.3. The molecular weight excluding hydrogens is 268 g/mol. The Morgan fingerprint density at radius 1 is 1.48 bits per heavy atom. The Morgan fingerprint density at radius 3 is 3.00 bits per heavy atom. The number of benzene rings is 1. The van der Waals surface area contributed by atoms with Gasteiger partial charge in [0, 0.05) is 11.7 Å². The summed E-state index contributed by atoms with van der Waals surface area (Å²) in [6.45, 7) is 2.94. The Balaban J connectivity index is 2.00. The SMILES string of the molecule is CCCCNC(CC(=O)O)Cc1ccc2c(c1)CC(=O)N2. The number of carbonyl (C=O) groups excluding carboxylic acids is 1. The predicted octanol–water partition coefficient (Wildman–Crippen LogP) is 1.96. The fourth-order valence-electron chi connectivity index (χ4n) is 2.60. The number of anilines is 1. The van der Waals surface area contributed by atoms with Gasteiger partial charge < -0.3 is 15.7 Å². The van der Waals surface area contributed by atoms with Crippen LogP contribution in [0.15, 0.2) is 18.2 Å². The molecule has 0 fully saturated rings. The van der Waals surface area contributed by atoms with Gasteiger partial charge in [0.15, 0.2) is 0 Å². The lowest BCUT2D eigenvalue weighted by Crippen LogP contribution is -2.34. The summed E-state index contributed by atoms with van der Waals surface area (Å²) in [6.07, 6.45) is 3.31. The third-order valence-electron chi connectivity index (χ3n) is 3.66. The number of unbranched alkanes of at least 4 members (excludes halogenated alkanes) is 1. The molecule has 1 aliphatic heterocycles. The molecule has 1 aromatic carbocycles. The van der Waals surface area contributed by atoms with E-state index in [1.165, 1.54) is 0 Å². The van der Waals surface area contributed by atoms with E-state index in [4.69, 9.17) is 5.11 Å². The summed E-state index contributed by atoms with van der Waals surface area (Å²) in [5.41, 5.74) is 2.94. The van der Waals surface area contributed by atoms with Gasteiger partial charge in [0.2, 0.25) is 5.91 Å². The minimum atomic E-state index is -0.790. The third kappa shape index (κ3) is 4.56. The molecule has 5 heteroatoms. The van der Waals surface area contributed by atoms with Crippen molar-refractivity contribution in [2.75, 3.05) is 11.9 Å². The Morgan fingerprint density at radius 2 is 2.29 bits per heavy atom. The fraction of sp³-hybridized carbons (Fsp3) is 0.500. The molecule has 1 unspecified atom stereocenters. The molecule has 1 amide bonds. The highest BCUT2D eigenvalue weighted by molar-refractivity contribution is 5.99. The van der Waals surface area contributed by atoms with E-state index in [-0.39, 0.29) is 18.4 Å². The smallest absolute Gasteiger partial charge is 0.304 e. The lowest BCUT2D eigenvalue weighted by molar-refractivity contribution is -0.137. The Labute approximate surface area is 124 Å². The molecule has 0 spiro atoms. The van der Waals surface area contributed by atoms with E-state index >= 15 is 0 Å². The van der Waals surface area contributed by atoms with Gasteiger partial charge in [-0.15, -0.1) is 0 Å². The van der Waals surface area contributed by atoms with Crippen molar-refractivity contribution in [2.24, 2.45) is 0 Å². The van der Waals surface area contributed by atoms with Crippen LogP contribution in [0.2, 0.25) is 0 Å². The number of fused-ring (bicyclic) bond motifs is 1. The fourth-order valence-corrected chi connectivity index (χ4v) is 2.60. The van der Waals surface area contributed by atoms with Crippen LogP contribution in [0.4, 0.5) is 5.69 Å². The van der Waals surface area contributed by atoms with E-state index < -0.39 is 5.97 Å². The first-order valence-electron chi connectivity index (χ1n) is 7.45. The summed E-state index contributed by atoms with van der Waals surface area (Å²) in [5, 5.41) is 15.1. The molecule has 114 valence electrons. The molecular formula is C16H22N2O3. The monoisotopic (exact) mass is 290 g/mol. The van der Waals surface area contributed by atoms with Gasteiger partial charge in [-0.25, -0.2) is 0 Å². The van der Waals surface area contributed by atoms with Gasteiger partial charge in [0.05, 0.1) is 12.8 Å². The summed E-state index contributed by atoms with van der Waals surface area (Å²) in [5.74, 6) is -0.771. The predicted molar refractivity (Wildman–Crippen MR) is 81.4 cm³/mol. The molecule has 0 bridgehead atoms. The van der Waals surface area contributed by atoms with E-state index in [2.05, 4.69) is 17.6 Å². The molecule has 2 rings (SSSR count). The number of carbonyl (C=O) groups is 2. The topological polar surface area (TPSA) is 78.4 Å². The van der Waals surface area contributed by atoms with Gasteiger partial charge in [-0.3, -0.25) is 9.59 Å². The summed E-state index contributed by atoms with van der Waals surface area (Å²) < 4.78 is 0. The number of hydrogen-bond acceptors (Lipinski definition) is 3. The first kappa shape index (κ1) is 15.5. The Bertz CT molecular complexity index is 528. The maximum absolute atomic E-state index is 11.4. The van der Waals surface area contributed by atoms with Crippen LogP contribution in [0, 0.1) is 0 Å². The van der Waals surface area contributed by atoms with Crippen LogP contribution >= 0.6 is 0 Å². The maximum Gasteiger partial charge on any atom is 0.304 e. The van der Waals surface area contributed by atoms with Gasteiger partial charge in [-0.1, -0.05) is 25.5 Å². The first-order chi connectivity index (χ1) is 10.1. The Kier molecular flexibility index (Phi) is 5.33. The zero-order valence-corrected chi connectivity index (χ0v) is 12.3. The molecule has 1 aromatic rings. The minimum Gasteiger partial charge on any atom is -0.481 e. The number of nitrogens with one attached hydrogen (secondary N) is 2. The maximum atomic E-state index is 11.4. The van der Waals surface area contributed by atoms with Crippen LogP contribution in [0.3, 0.4) is 0 Å². The van der Waals surface area contributed by atoms with Crippen molar-refractivity contribution < 1.29 is 14.7 Å². The standard InChI is InChI=1S/C16H22N2O3/c1-2-3-6-17-13(10-16(20)21)8-11-4-5-14-12(7-11)9-15(19)18-14/h4-5,7,13,17H,2-3,6,8-10H2,1H3,(H,18,19)(H,20,21). The molecule has 3 N–H and O–H groups in total. The van der Waals surface area contributed by atoms with Crippen LogP contribution in [0.5, 0.6) is 0 Å². The number of hydrogen-bond donors (Lipinski definition) is 3. The van der Waals surface area contributed by atoms with Crippen molar-refractivity contribution in [1.29, 1.82) is 0 Å². The second-order valence-corrected chi connectivity index (χ2v) is 5.52. The van der Waals surface area contributed by atoms with Crippen LogP contribution in [0.25, 0.3) is 0 Å². The number of carboxylic acid groups (broad SMARTS) is 1. The number of aliphatic carboxylic acids is 1. The van der Waals surface area contributed by atoms with Crippen LogP contribution < -0.4 is 10.6 Å². The van der Waals surface area contributed by atoms with Crippen LogP contribution in [-0.2, 0) is 22.4 Å². The molecule has 21 heavy (non-hydrogen) atoms. The van der Waals surface area contributed by atoms with E-state index in [9.17, 15) is 9.59 Å². The molecule has 5 nitrogen and oxygen atoms in total. The number of rotatable bonds is 8. The average Bonchev–Trinajstić information content (AvgIpc) is 2.77. The van der Waals surface area contributed by atoms with Gasteiger partial charge >= 0.3 is 5.97 Å². The minimum absolute atomic E-state index is 0.0188. The third-order valence-corrected chi connectivity index (χ3v) is 3.66. The first-order valence-corrected chi connectivity index (χ1v) is 7.45. The molecule has 1 atom stereocenters. The highest BCUT2D eigenvalue weighted by atomic mass is 16.4. The van der Waals surface area contributed by atoms with E-state index in [1.54, 1.807) is 0 Å². The zero-order chi connectivity index (χ0) is 15.2. The molecule has 1 aliphatic rings. The lowest BCUT2D eigenvalue weighted by Gasteiger charge is -2.17. The quantitative estimate of drug-likeness (QED) is 0.639. The van der Waals surface area contributed by atoms with Crippen LogP contribution in [0.1, 0.15) is 37.3 Å². The summed E-state index contributed by atoms with van der Waals surface area (Å²) >= 11 is 0. The highest BCUT2D eigenvalue weighted by Gasteiger charge is 2.19. The second-order valence-electron chi connectivity index (χ2n) is 5.52. The van der Waals surface area contributed by atoms with Gasteiger partial charge in [-0.05, 0) is 36.6 Å². The number of amides is 1. The van der Waals surface area contributed by atoms with Crippen molar-refractivity contribution in [2.45, 2.75) is 45.1 Å². The molecule has 0 saturated heterocycles. The van der Waals surface area contributed by atoms with Gasteiger partial charge in [0.25, 0.3) is 0 Å². The molecule has 0 aliphatic carbocycles. The van der Waals surface area contributed by atoms with Crippen molar-refractivity contribution in [3.8, 4) is 0 Å². The van der Waals surface area contributed by atoms with Crippen molar-refractivity contribution >= 4 is 17.6 Å². The van der Waals surface area contributed by atoms with Crippen molar-refractivity contribution in [1.82, 2.24) is 5.32 Å². The largest absolute Gasteiger partial charge is 0.481 e. The van der Waals surface area contributed by atoms with E-state index in [1.807, 2.05) is 18.2 Å². The number of carboxylic acids is 1. The highest BCUT2D eigenvalue weighted by Crippen LogP contribution is 2.24. The lowest BCUT2D eigenvalue weighted by atomic mass is 10.00.